The second-order valence-electron chi connectivity index (χ2n) is 6.28. The van der Waals surface area contributed by atoms with Crippen LogP contribution in [0.1, 0.15) is 48.0 Å². The lowest BCUT2D eigenvalue weighted by Crippen LogP contribution is -2.36. The molecule has 0 atom stereocenters. The van der Waals surface area contributed by atoms with Gasteiger partial charge < -0.3 is 5.32 Å². The molecule has 0 aliphatic heterocycles. The van der Waals surface area contributed by atoms with Gasteiger partial charge in [0.2, 0.25) is 0 Å². The van der Waals surface area contributed by atoms with Crippen molar-refractivity contribution in [2.45, 2.75) is 44.7 Å². The second kappa shape index (κ2) is 7.90. The van der Waals surface area contributed by atoms with E-state index in [0.29, 0.717) is 18.2 Å². The molecule has 1 amide bonds. The zero-order chi connectivity index (χ0) is 16.8. The number of aromatic nitrogens is 1. The van der Waals surface area contributed by atoms with E-state index in [1.54, 1.807) is 18.3 Å². The number of hydrogen-bond acceptors (Lipinski definition) is 2. The van der Waals surface area contributed by atoms with Crippen molar-refractivity contribution in [2.75, 3.05) is 5.32 Å². The van der Waals surface area contributed by atoms with Crippen LogP contribution in [0.15, 0.2) is 42.6 Å². The van der Waals surface area contributed by atoms with Crippen LogP contribution in [0.25, 0.3) is 0 Å². The van der Waals surface area contributed by atoms with Gasteiger partial charge in [-0.25, -0.2) is 9.37 Å². The van der Waals surface area contributed by atoms with E-state index < -0.39 is 0 Å². The zero-order valence-corrected chi connectivity index (χ0v) is 13.6. The molecule has 1 aromatic heterocycles. The third kappa shape index (κ3) is 4.54. The summed E-state index contributed by atoms with van der Waals surface area (Å²) in [6.07, 6.45) is 7.53. The van der Waals surface area contributed by atoms with E-state index in [1.807, 2.05) is 12.1 Å². The molecule has 0 spiro atoms. The number of carbonyl (C=O) groups excluding carboxylic acids is 1. The number of H-pyrrole nitrogens is 1. The SMILES string of the molecule is O=C(NC1CCCCC1)c1ccc(NCc2ccc(F)cc2)[nH+]c1. The van der Waals surface area contributed by atoms with Crippen molar-refractivity contribution in [3.63, 3.8) is 0 Å². The lowest BCUT2D eigenvalue weighted by Gasteiger charge is -2.22. The van der Waals surface area contributed by atoms with Crippen LogP contribution in [0.4, 0.5) is 10.2 Å². The quantitative estimate of drug-likeness (QED) is 0.885. The minimum Gasteiger partial charge on any atom is -0.349 e. The van der Waals surface area contributed by atoms with Gasteiger partial charge in [-0.05, 0) is 36.6 Å². The maximum absolute atomic E-state index is 12.9. The Morgan fingerprint density at radius 1 is 1.08 bits per heavy atom. The number of anilines is 1. The highest BCUT2D eigenvalue weighted by molar-refractivity contribution is 5.93. The largest absolute Gasteiger partial charge is 0.349 e. The summed E-state index contributed by atoms with van der Waals surface area (Å²) < 4.78 is 12.9. The maximum atomic E-state index is 12.9. The molecule has 0 bridgehead atoms. The molecule has 1 aliphatic rings. The Morgan fingerprint density at radius 3 is 2.50 bits per heavy atom. The minimum atomic E-state index is -0.237. The molecule has 24 heavy (non-hydrogen) atoms. The van der Waals surface area contributed by atoms with Crippen LogP contribution in [-0.4, -0.2) is 11.9 Å². The Kier molecular flexibility index (Phi) is 5.41. The van der Waals surface area contributed by atoms with E-state index >= 15 is 0 Å². The number of rotatable bonds is 5. The Hall–Kier alpha value is -2.43. The first kappa shape index (κ1) is 16.4. The molecule has 1 saturated carbocycles. The van der Waals surface area contributed by atoms with Crippen LogP contribution in [-0.2, 0) is 6.54 Å². The molecule has 3 N–H and O–H groups in total. The Labute approximate surface area is 141 Å². The molecular weight excluding hydrogens is 305 g/mol. The summed E-state index contributed by atoms with van der Waals surface area (Å²) in [4.78, 5) is 15.3. The van der Waals surface area contributed by atoms with Gasteiger partial charge in [-0.3, -0.25) is 10.1 Å². The van der Waals surface area contributed by atoms with Gasteiger partial charge in [0.25, 0.3) is 11.7 Å². The van der Waals surface area contributed by atoms with E-state index in [0.717, 1.165) is 24.2 Å². The van der Waals surface area contributed by atoms with E-state index in [-0.39, 0.29) is 11.7 Å². The first-order valence-electron chi connectivity index (χ1n) is 8.51. The standard InChI is InChI=1S/C19H22FN3O/c20-16-9-6-14(7-10-16)12-21-18-11-8-15(13-22-18)19(24)23-17-4-2-1-3-5-17/h6-11,13,17H,1-5,12H2,(H,21,22)(H,23,24)/p+1. The van der Waals surface area contributed by atoms with Crippen LogP contribution in [0.5, 0.6) is 0 Å². The third-order valence-corrected chi connectivity index (χ3v) is 4.41. The van der Waals surface area contributed by atoms with Crippen molar-refractivity contribution in [3.05, 3.63) is 59.5 Å². The number of aromatic amines is 1. The molecule has 126 valence electrons. The summed E-state index contributed by atoms with van der Waals surface area (Å²) in [7, 11) is 0. The van der Waals surface area contributed by atoms with Crippen LogP contribution < -0.4 is 15.6 Å². The number of carbonyl (C=O) groups is 1. The van der Waals surface area contributed by atoms with Gasteiger partial charge in [0.1, 0.15) is 18.6 Å². The molecule has 1 aromatic carbocycles. The predicted octanol–water partition coefficient (Wildman–Crippen LogP) is 3.31. The van der Waals surface area contributed by atoms with Gasteiger partial charge in [0.05, 0.1) is 5.56 Å². The van der Waals surface area contributed by atoms with Crippen LogP contribution in [0, 0.1) is 5.82 Å². The highest BCUT2D eigenvalue weighted by atomic mass is 19.1. The number of pyridine rings is 1. The van der Waals surface area contributed by atoms with Crippen molar-refractivity contribution in [2.24, 2.45) is 0 Å². The van der Waals surface area contributed by atoms with E-state index in [1.165, 1.54) is 31.4 Å². The summed E-state index contributed by atoms with van der Waals surface area (Å²) in [5.41, 5.74) is 1.62. The van der Waals surface area contributed by atoms with Gasteiger partial charge in [-0.1, -0.05) is 31.4 Å². The van der Waals surface area contributed by atoms with Gasteiger partial charge in [-0.15, -0.1) is 0 Å². The van der Waals surface area contributed by atoms with Crippen molar-refractivity contribution in [1.82, 2.24) is 5.32 Å². The average molecular weight is 328 g/mol. The molecule has 4 nitrogen and oxygen atoms in total. The monoisotopic (exact) mass is 328 g/mol. The second-order valence-corrected chi connectivity index (χ2v) is 6.28. The average Bonchev–Trinajstić information content (AvgIpc) is 2.62. The molecule has 1 aliphatic carbocycles. The lowest BCUT2D eigenvalue weighted by molar-refractivity contribution is -0.361. The van der Waals surface area contributed by atoms with Gasteiger partial charge >= 0.3 is 0 Å². The highest BCUT2D eigenvalue weighted by Crippen LogP contribution is 2.17. The zero-order valence-electron chi connectivity index (χ0n) is 13.6. The van der Waals surface area contributed by atoms with E-state index in [9.17, 15) is 9.18 Å². The van der Waals surface area contributed by atoms with Crippen molar-refractivity contribution < 1.29 is 14.2 Å². The van der Waals surface area contributed by atoms with E-state index in [4.69, 9.17) is 0 Å². The lowest BCUT2D eigenvalue weighted by atomic mass is 9.95. The first-order valence-corrected chi connectivity index (χ1v) is 8.51. The highest BCUT2D eigenvalue weighted by Gasteiger charge is 2.17. The fraction of sp³-hybridized carbons (Fsp3) is 0.368. The molecule has 3 rings (SSSR count). The maximum Gasteiger partial charge on any atom is 0.272 e. The summed E-state index contributed by atoms with van der Waals surface area (Å²) in [6, 6.07) is 10.3. The molecule has 2 aromatic rings. The Balaban J connectivity index is 1.52. The van der Waals surface area contributed by atoms with Crippen molar-refractivity contribution >= 4 is 11.7 Å². The number of nitrogens with one attached hydrogen (secondary N) is 3. The smallest absolute Gasteiger partial charge is 0.272 e. The molecule has 1 fully saturated rings. The topological polar surface area (TPSA) is 55.3 Å². The molecule has 0 unspecified atom stereocenters. The first-order chi connectivity index (χ1) is 11.7. The third-order valence-electron chi connectivity index (χ3n) is 4.41. The van der Waals surface area contributed by atoms with Crippen LogP contribution in [0.2, 0.25) is 0 Å². The van der Waals surface area contributed by atoms with E-state index in [2.05, 4.69) is 15.6 Å². The minimum absolute atomic E-state index is 0.0248. The Bertz CT molecular complexity index is 664. The van der Waals surface area contributed by atoms with Crippen LogP contribution >= 0.6 is 0 Å². The number of benzene rings is 1. The van der Waals surface area contributed by atoms with Crippen LogP contribution in [0.3, 0.4) is 0 Å². The fourth-order valence-electron chi connectivity index (χ4n) is 2.99. The molecular formula is C19H23FN3O+. The normalized spacial score (nSPS) is 15.0. The summed E-state index contributed by atoms with van der Waals surface area (Å²) in [5.74, 6) is 0.551. The molecule has 5 heteroatoms. The van der Waals surface area contributed by atoms with Gasteiger partial charge in [0, 0.05) is 12.1 Å². The molecule has 1 heterocycles. The molecule has 0 radical (unpaired) electrons. The summed E-state index contributed by atoms with van der Waals surface area (Å²) >= 11 is 0. The summed E-state index contributed by atoms with van der Waals surface area (Å²) in [5, 5.41) is 6.32. The number of hydrogen-bond donors (Lipinski definition) is 2. The summed E-state index contributed by atoms with van der Waals surface area (Å²) in [6.45, 7) is 0.588. The number of amides is 1. The Morgan fingerprint density at radius 2 is 1.83 bits per heavy atom. The fourth-order valence-corrected chi connectivity index (χ4v) is 2.99. The van der Waals surface area contributed by atoms with Crippen molar-refractivity contribution in [3.8, 4) is 0 Å². The van der Waals surface area contributed by atoms with Gasteiger partial charge in [0.15, 0.2) is 0 Å². The molecule has 0 saturated heterocycles. The van der Waals surface area contributed by atoms with Crippen molar-refractivity contribution in [1.29, 1.82) is 0 Å². The number of halogens is 1. The predicted molar refractivity (Wildman–Crippen MR) is 91.1 cm³/mol. The van der Waals surface area contributed by atoms with Gasteiger partial charge in [-0.2, -0.15) is 0 Å².